The lowest BCUT2D eigenvalue weighted by Gasteiger charge is -2.06. The average molecular weight is 350 g/mol. The largest absolute Gasteiger partial charge is 0.452 e. The van der Waals surface area contributed by atoms with E-state index in [4.69, 9.17) is 4.74 Å². The lowest BCUT2D eigenvalue weighted by molar-refractivity contribution is -0.384. The van der Waals surface area contributed by atoms with Gasteiger partial charge < -0.3 is 10.1 Å². The molecule has 0 aliphatic rings. The van der Waals surface area contributed by atoms with Crippen LogP contribution in [0.2, 0.25) is 0 Å². The Labute approximate surface area is 139 Å². The number of nitrogens with zero attached hydrogens (tertiary/aromatic N) is 1. The van der Waals surface area contributed by atoms with Crippen LogP contribution in [0, 0.1) is 15.9 Å². The summed E-state index contributed by atoms with van der Waals surface area (Å²) in [6.07, 6.45) is 2.69. The van der Waals surface area contributed by atoms with Gasteiger partial charge in [-0.05, 0) is 23.6 Å². The standard InChI is InChI=1S/C15H11FN2O5S/c16-12-5-3-10(18(21)22)8-13(12)17-14(19)9-23-15(20)6-4-11-2-1-7-24-11/h1-8H,9H2,(H,17,19)/b6-4+. The van der Waals surface area contributed by atoms with Crippen molar-refractivity contribution in [3.63, 3.8) is 0 Å². The van der Waals surface area contributed by atoms with E-state index < -0.39 is 29.2 Å². The van der Waals surface area contributed by atoms with E-state index in [-0.39, 0.29) is 11.4 Å². The molecular weight excluding hydrogens is 339 g/mol. The molecule has 1 aromatic heterocycles. The minimum Gasteiger partial charge on any atom is -0.452 e. The molecule has 0 spiro atoms. The first-order valence-corrected chi connectivity index (χ1v) is 7.46. The molecular formula is C15H11FN2O5S. The molecule has 0 radical (unpaired) electrons. The highest BCUT2D eigenvalue weighted by Gasteiger charge is 2.13. The number of non-ortho nitro benzene ring substituents is 1. The number of hydrogen-bond acceptors (Lipinski definition) is 6. The first-order chi connectivity index (χ1) is 11.5. The Morgan fingerprint density at radius 3 is 2.83 bits per heavy atom. The van der Waals surface area contributed by atoms with Crippen LogP contribution in [-0.2, 0) is 14.3 Å². The van der Waals surface area contributed by atoms with Crippen LogP contribution in [0.4, 0.5) is 15.8 Å². The van der Waals surface area contributed by atoms with Crippen molar-refractivity contribution in [1.29, 1.82) is 0 Å². The number of carbonyl (C=O) groups is 2. The summed E-state index contributed by atoms with van der Waals surface area (Å²) in [4.78, 5) is 33.8. The SMILES string of the molecule is O=C(COC(=O)/C=C/c1cccs1)Nc1cc([N+](=O)[O-])ccc1F. The van der Waals surface area contributed by atoms with Gasteiger partial charge in [-0.2, -0.15) is 0 Å². The molecule has 1 heterocycles. The second kappa shape index (κ2) is 7.97. The van der Waals surface area contributed by atoms with Crippen LogP contribution in [-0.4, -0.2) is 23.4 Å². The van der Waals surface area contributed by atoms with Crippen LogP contribution in [0.15, 0.2) is 41.8 Å². The van der Waals surface area contributed by atoms with Gasteiger partial charge >= 0.3 is 5.97 Å². The zero-order valence-electron chi connectivity index (χ0n) is 12.1. The Morgan fingerprint density at radius 2 is 2.17 bits per heavy atom. The number of hydrogen-bond donors (Lipinski definition) is 1. The highest BCUT2D eigenvalue weighted by Crippen LogP contribution is 2.21. The molecule has 0 saturated heterocycles. The second-order valence-electron chi connectivity index (χ2n) is 4.43. The number of amides is 1. The maximum absolute atomic E-state index is 13.5. The number of ether oxygens (including phenoxy) is 1. The van der Waals surface area contributed by atoms with Crippen LogP contribution in [0.25, 0.3) is 6.08 Å². The van der Waals surface area contributed by atoms with E-state index in [1.54, 1.807) is 6.07 Å². The van der Waals surface area contributed by atoms with E-state index in [0.717, 1.165) is 29.2 Å². The fraction of sp³-hybridized carbons (Fsp3) is 0.0667. The Kier molecular flexibility index (Phi) is 5.74. The predicted octanol–water partition coefficient (Wildman–Crippen LogP) is 2.99. The molecule has 2 rings (SSSR count). The number of nitro benzene ring substituents is 1. The molecule has 1 aromatic carbocycles. The maximum atomic E-state index is 13.5. The summed E-state index contributed by atoms with van der Waals surface area (Å²) in [5.41, 5.74) is -0.734. The van der Waals surface area contributed by atoms with E-state index in [0.29, 0.717) is 0 Å². The molecule has 1 N–H and O–H groups in total. The number of halogens is 1. The highest BCUT2D eigenvalue weighted by atomic mass is 32.1. The van der Waals surface area contributed by atoms with E-state index in [9.17, 15) is 24.1 Å². The number of nitro groups is 1. The van der Waals surface area contributed by atoms with E-state index in [1.165, 1.54) is 17.4 Å². The Balaban J connectivity index is 1.88. The first kappa shape index (κ1) is 17.3. The number of esters is 1. The summed E-state index contributed by atoms with van der Waals surface area (Å²) in [5.74, 6) is -2.39. The van der Waals surface area contributed by atoms with Gasteiger partial charge in [-0.1, -0.05) is 6.07 Å². The van der Waals surface area contributed by atoms with Gasteiger partial charge in [-0.15, -0.1) is 11.3 Å². The Hall–Kier alpha value is -3.07. The summed E-state index contributed by atoms with van der Waals surface area (Å²) in [5, 5.41) is 14.6. The van der Waals surface area contributed by atoms with Gasteiger partial charge in [0, 0.05) is 23.1 Å². The van der Waals surface area contributed by atoms with Gasteiger partial charge in [0.05, 0.1) is 10.6 Å². The van der Waals surface area contributed by atoms with Crippen molar-refractivity contribution in [2.75, 3.05) is 11.9 Å². The van der Waals surface area contributed by atoms with Crippen molar-refractivity contribution in [3.05, 3.63) is 62.6 Å². The summed E-state index contributed by atoms with van der Waals surface area (Å²) in [6, 6.07) is 6.33. The topological polar surface area (TPSA) is 98.5 Å². The molecule has 9 heteroatoms. The van der Waals surface area contributed by atoms with Crippen LogP contribution in [0.5, 0.6) is 0 Å². The molecule has 0 unspecified atom stereocenters. The third-order valence-corrected chi connectivity index (χ3v) is 3.54. The lowest BCUT2D eigenvalue weighted by Crippen LogP contribution is -2.20. The molecule has 0 bridgehead atoms. The van der Waals surface area contributed by atoms with Gasteiger partial charge in [-0.3, -0.25) is 14.9 Å². The predicted molar refractivity (Wildman–Crippen MR) is 86.0 cm³/mol. The fourth-order valence-corrected chi connectivity index (χ4v) is 2.25. The van der Waals surface area contributed by atoms with Gasteiger partial charge in [0.1, 0.15) is 5.82 Å². The number of benzene rings is 1. The number of thiophene rings is 1. The second-order valence-corrected chi connectivity index (χ2v) is 5.41. The normalized spacial score (nSPS) is 10.5. The number of rotatable bonds is 6. The molecule has 1 amide bonds. The molecule has 24 heavy (non-hydrogen) atoms. The quantitative estimate of drug-likeness (QED) is 0.374. The smallest absolute Gasteiger partial charge is 0.331 e. The minimum absolute atomic E-state index is 0.362. The maximum Gasteiger partial charge on any atom is 0.331 e. The summed E-state index contributed by atoms with van der Waals surface area (Å²) >= 11 is 1.43. The Morgan fingerprint density at radius 1 is 1.38 bits per heavy atom. The van der Waals surface area contributed by atoms with Gasteiger partial charge in [-0.25, -0.2) is 9.18 Å². The zero-order valence-corrected chi connectivity index (χ0v) is 12.9. The molecule has 124 valence electrons. The van der Waals surface area contributed by atoms with Crippen molar-refractivity contribution in [2.45, 2.75) is 0 Å². The van der Waals surface area contributed by atoms with Gasteiger partial charge in [0.15, 0.2) is 6.61 Å². The third-order valence-electron chi connectivity index (χ3n) is 2.71. The van der Waals surface area contributed by atoms with Crippen molar-refractivity contribution in [1.82, 2.24) is 0 Å². The van der Waals surface area contributed by atoms with Crippen molar-refractivity contribution in [2.24, 2.45) is 0 Å². The number of anilines is 1. The van der Waals surface area contributed by atoms with Crippen molar-refractivity contribution in [3.8, 4) is 0 Å². The molecule has 0 atom stereocenters. The fourth-order valence-electron chi connectivity index (χ4n) is 1.63. The molecule has 0 aliphatic heterocycles. The van der Waals surface area contributed by atoms with Crippen LogP contribution >= 0.6 is 11.3 Å². The first-order valence-electron chi connectivity index (χ1n) is 6.58. The lowest BCUT2D eigenvalue weighted by atomic mass is 10.2. The summed E-state index contributed by atoms with van der Waals surface area (Å²) < 4.78 is 18.2. The summed E-state index contributed by atoms with van der Waals surface area (Å²) in [6.45, 7) is -0.643. The highest BCUT2D eigenvalue weighted by molar-refractivity contribution is 7.10. The summed E-state index contributed by atoms with van der Waals surface area (Å²) in [7, 11) is 0. The monoisotopic (exact) mass is 350 g/mol. The Bertz CT molecular complexity index is 789. The van der Waals surface area contributed by atoms with Crippen LogP contribution in [0.1, 0.15) is 4.88 Å². The van der Waals surface area contributed by atoms with Crippen molar-refractivity contribution < 1.29 is 23.6 Å². The van der Waals surface area contributed by atoms with Crippen LogP contribution in [0.3, 0.4) is 0 Å². The van der Waals surface area contributed by atoms with E-state index >= 15 is 0 Å². The van der Waals surface area contributed by atoms with Crippen LogP contribution < -0.4 is 5.32 Å². The third kappa shape index (κ3) is 4.99. The van der Waals surface area contributed by atoms with E-state index in [1.807, 2.05) is 11.4 Å². The molecule has 0 aliphatic carbocycles. The average Bonchev–Trinajstić information content (AvgIpc) is 3.06. The number of carbonyl (C=O) groups excluding carboxylic acids is 2. The number of nitrogens with one attached hydrogen (secondary N) is 1. The minimum atomic E-state index is -0.835. The van der Waals surface area contributed by atoms with Gasteiger partial charge in [0.25, 0.3) is 11.6 Å². The van der Waals surface area contributed by atoms with Crippen molar-refractivity contribution >= 4 is 40.7 Å². The van der Waals surface area contributed by atoms with E-state index in [2.05, 4.69) is 5.32 Å². The molecule has 7 nitrogen and oxygen atoms in total. The van der Waals surface area contributed by atoms with Gasteiger partial charge in [0.2, 0.25) is 0 Å². The molecule has 0 fully saturated rings. The zero-order chi connectivity index (χ0) is 17.5. The molecule has 0 saturated carbocycles. The molecule has 2 aromatic rings.